The fourth-order valence-corrected chi connectivity index (χ4v) is 3.28. The van der Waals surface area contributed by atoms with E-state index in [1.807, 2.05) is 18.7 Å². The second-order valence-corrected chi connectivity index (χ2v) is 6.33. The van der Waals surface area contributed by atoms with E-state index >= 15 is 0 Å². The number of rotatable bonds is 6. The van der Waals surface area contributed by atoms with Crippen LogP contribution >= 0.6 is 24.0 Å². The van der Waals surface area contributed by atoms with E-state index in [-0.39, 0.29) is 36.3 Å². The fraction of sp³-hybridized carbons (Fsp3) is 0.909. The molecule has 2 N–H and O–H groups in total. The van der Waals surface area contributed by atoms with Gasteiger partial charge in [-0.05, 0) is 0 Å². The van der Waals surface area contributed by atoms with E-state index in [2.05, 4.69) is 4.99 Å². The Bertz CT molecular complexity index is 392. The lowest BCUT2D eigenvalue weighted by atomic mass is 10.4. The molecular weight excluding hydrogens is 395 g/mol. The van der Waals surface area contributed by atoms with Gasteiger partial charge in [-0.1, -0.05) is 13.8 Å². The summed E-state index contributed by atoms with van der Waals surface area (Å²) in [7, 11) is -3.22. The SMILES string of the molecule is CCN(CC)S(=O)(=O)CCN=C(N)N1CCOCC1.I. The monoisotopic (exact) mass is 420 g/mol. The van der Waals surface area contributed by atoms with Crippen molar-refractivity contribution in [1.82, 2.24) is 9.21 Å². The van der Waals surface area contributed by atoms with E-state index in [1.54, 1.807) is 0 Å². The summed E-state index contributed by atoms with van der Waals surface area (Å²) >= 11 is 0. The molecular formula is C11H25IN4O3S. The second-order valence-electron chi connectivity index (χ2n) is 4.24. The van der Waals surface area contributed by atoms with Crippen LogP contribution in [0.15, 0.2) is 4.99 Å². The molecule has 0 atom stereocenters. The average Bonchev–Trinajstić information content (AvgIpc) is 2.40. The smallest absolute Gasteiger partial charge is 0.215 e. The summed E-state index contributed by atoms with van der Waals surface area (Å²) in [5.74, 6) is 0.401. The third-order valence-corrected chi connectivity index (χ3v) is 5.06. The van der Waals surface area contributed by atoms with Crippen LogP contribution in [0.5, 0.6) is 0 Å². The minimum Gasteiger partial charge on any atom is -0.378 e. The number of nitrogens with two attached hydrogens (primary N) is 1. The summed E-state index contributed by atoms with van der Waals surface area (Å²) in [4.78, 5) is 6.05. The summed E-state index contributed by atoms with van der Waals surface area (Å²) in [6, 6.07) is 0. The molecule has 0 aromatic rings. The lowest BCUT2D eigenvalue weighted by molar-refractivity contribution is 0.0674. The quantitative estimate of drug-likeness (QED) is 0.369. The number of hydrogen-bond acceptors (Lipinski definition) is 4. The van der Waals surface area contributed by atoms with E-state index in [0.29, 0.717) is 45.4 Å². The number of halogens is 1. The maximum atomic E-state index is 11.9. The van der Waals surface area contributed by atoms with Gasteiger partial charge in [-0.3, -0.25) is 4.99 Å². The van der Waals surface area contributed by atoms with Crippen molar-refractivity contribution in [2.45, 2.75) is 13.8 Å². The van der Waals surface area contributed by atoms with Crippen LogP contribution in [0, 0.1) is 0 Å². The van der Waals surface area contributed by atoms with Gasteiger partial charge in [-0.15, -0.1) is 24.0 Å². The third-order valence-electron chi connectivity index (χ3n) is 3.06. The van der Waals surface area contributed by atoms with Crippen LogP contribution in [0.2, 0.25) is 0 Å². The first-order chi connectivity index (χ1) is 9.01. The first kappa shape index (κ1) is 19.9. The van der Waals surface area contributed by atoms with Gasteiger partial charge in [0.25, 0.3) is 0 Å². The summed E-state index contributed by atoms with van der Waals surface area (Å²) in [6.07, 6.45) is 0. The predicted octanol–water partition coefficient (Wildman–Crippen LogP) is -0.0771. The molecule has 1 heterocycles. The summed E-state index contributed by atoms with van der Waals surface area (Å²) in [6.45, 7) is 7.50. The number of guanidine groups is 1. The van der Waals surface area contributed by atoms with Crippen molar-refractivity contribution in [3.63, 3.8) is 0 Å². The lowest BCUT2D eigenvalue weighted by Crippen LogP contribution is -2.45. The first-order valence-corrected chi connectivity index (χ1v) is 8.22. The molecule has 7 nitrogen and oxygen atoms in total. The summed E-state index contributed by atoms with van der Waals surface area (Å²) in [5.41, 5.74) is 5.83. The molecule has 0 aliphatic carbocycles. The molecule has 120 valence electrons. The normalized spacial score (nSPS) is 17.1. The largest absolute Gasteiger partial charge is 0.378 e. The first-order valence-electron chi connectivity index (χ1n) is 6.61. The van der Waals surface area contributed by atoms with Crippen molar-refractivity contribution in [3.05, 3.63) is 0 Å². The average molecular weight is 420 g/mol. The highest BCUT2D eigenvalue weighted by atomic mass is 127. The Morgan fingerprint density at radius 2 is 1.85 bits per heavy atom. The standard InChI is InChI=1S/C11H24N4O3S.HI/c1-3-15(4-2)19(16,17)10-5-13-11(12)14-6-8-18-9-7-14;/h3-10H2,1-2H3,(H2,12,13);1H. The van der Waals surface area contributed by atoms with Crippen LogP contribution in [-0.2, 0) is 14.8 Å². The Labute approximate surface area is 138 Å². The zero-order valence-corrected chi connectivity index (χ0v) is 15.3. The summed E-state index contributed by atoms with van der Waals surface area (Å²) in [5, 5.41) is 0. The topological polar surface area (TPSA) is 88.2 Å². The minimum atomic E-state index is -3.22. The maximum absolute atomic E-state index is 11.9. The van der Waals surface area contributed by atoms with Gasteiger partial charge in [-0.25, -0.2) is 12.7 Å². The van der Waals surface area contributed by atoms with Crippen molar-refractivity contribution >= 4 is 40.0 Å². The maximum Gasteiger partial charge on any atom is 0.215 e. The van der Waals surface area contributed by atoms with Gasteiger partial charge in [0, 0.05) is 26.2 Å². The van der Waals surface area contributed by atoms with E-state index in [9.17, 15) is 8.42 Å². The number of sulfonamides is 1. The van der Waals surface area contributed by atoms with E-state index in [0.717, 1.165) is 0 Å². The van der Waals surface area contributed by atoms with Gasteiger partial charge in [0.2, 0.25) is 10.0 Å². The highest BCUT2D eigenvalue weighted by Crippen LogP contribution is 2.01. The highest BCUT2D eigenvalue weighted by molar-refractivity contribution is 14.0. The van der Waals surface area contributed by atoms with Crippen LogP contribution < -0.4 is 5.73 Å². The molecule has 9 heteroatoms. The summed E-state index contributed by atoms with van der Waals surface area (Å²) < 4.78 is 30.5. The van der Waals surface area contributed by atoms with Crippen molar-refractivity contribution in [1.29, 1.82) is 0 Å². The molecule has 1 aliphatic heterocycles. The highest BCUT2D eigenvalue weighted by Gasteiger charge is 2.18. The molecule has 0 spiro atoms. The molecule has 1 aliphatic rings. The number of ether oxygens (including phenoxy) is 1. The van der Waals surface area contributed by atoms with Gasteiger partial charge in [0.1, 0.15) is 0 Å². The van der Waals surface area contributed by atoms with Crippen LogP contribution in [0.3, 0.4) is 0 Å². The molecule has 0 aromatic heterocycles. The zero-order valence-electron chi connectivity index (χ0n) is 12.1. The third kappa shape index (κ3) is 6.10. The van der Waals surface area contributed by atoms with Crippen LogP contribution in [0.4, 0.5) is 0 Å². The second kappa shape index (κ2) is 9.74. The molecule has 0 unspecified atom stereocenters. The number of morpholine rings is 1. The van der Waals surface area contributed by atoms with Gasteiger partial charge >= 0.3 is 0 Å². The number of hydrogen-bond donors (Lipinski definition) is 1. The van der Waals surface area contributed by atoms with Gasteiger partial charge in [-0.2, -0.15) is 0 Å². The molecule has 1 rings (SSSR count). The Morgan fingerprint density at radius 3 is 2.35 bits per heavy atom. The molecule has 0 radical (unpaired) electrons. The minimum absolute atomic E-state index is 0. The Hall–Kier alpha value is -0.130. The van der Waals surface area contributed by atoms with Gasteiger partial charge in [0.15, 0.2) is 5.96 Å². The molecule has 0 amide bonds. The van der Waals surface area contributed by atoms with Crippen molar-refractivity contribution in [2.75, 3.05) is 51.7 Å². The Morgan fingerprint density at radius 1 is 1.30 bits per heavy atom. The Balaban J connectivity index is 0.00000361. The number of nitrogens with zero attached hydrogens (tertiary/aromatic N) is 3. The van der Waals surface area contributed by atoms with Gasteiger partial charge < -0.3 is 15.4 Å². The molecule has 1 fully saturated rings. The molecule has 20 heavy (non-hydrogen) atoms. The fourth-order valence-electron chi connectivity index (χ4n) is 1.91. The van der Waals surface area contributed by atoms with E-state index in [1.165, 1.54) is 4.31 Å². The Kier molecular flexibility index (Phi) is 9.68. The molecule has 1 saturated heterocycles. The van der Waals surface area contributed by atoms with Crippen molar-refractivity contribution in [3.8, 4) is 0 Å². The van der Waals surface area contributed by atoms with Crippen LogP contribution in [0.25, 0.3) is 0 Å². The van der Waals surface area contributed by atoms with E-state index < -0.39 is 10.0 Å². The molecule has 0 aromatic carbocycles. The van der Waals surface area contributed by atoms with Gasteiger partial charge in [0.05, 0.1) is 25.5 Å². The van der Waals surface area contributed by atoms with Crippen LogP contribution in [0.1, 0.15) is 13.8 Å². The van der Waals surface area contributed by atoms with Crippen molar-refractivity contribution in [2.24, 2.45) is 10.7 Å². The molecule has 0 saturated carbocycles. The van der Waals surface area contributed by atoms with E-state index in [4.69, 9.17) is 10.5 Å². The number of aliphatic imine (C=N–C) groups is 1. The van der Waals surface area contributed by atoms with Crippen molar-refractivity contribution < 1.29 is 13.2 Å². The lowest BCUT2D eigenvalue weighted by Gasteiger charge is -2.27. The zero-order chi connectivity index (χ0) is 14.3. The van der Waals surface area contributed by atoms with Crippen LogP contribution in [-0.4, -0.2) is 75.3 Å². The predicted molar refractivity (Wildman–Crippen MR) is 91.0 cm³/mol. The molecule has 0 bridgehead atoms.